The van der Waals surface area contributed by atoms with Crippen molar-refractivity contribution in [2.75, 3.05) is 6.54 Å². The van der Waals surface area contributed by atoms with Crippen molar-refractivity contribution in [3.05, 3.63) is 11.8 Å². The number of rotatable bonds is 6. The van der Waals surface area contributed by atoms with Crippen molar-refractivity contribution in [2.45, 2.75) is 111 Å². The Balaban J connectivity index is 1.54. The van der Waals surface area contributed by atoms with Crippen molar-refractivity contribution in [1.29, 1.82) is 0 Å². The van der Waals surface area contributed by atoms with Crippen molar-refractivity contribution in [2.24, 2.45) is 40.4 Å². The van der Waals surface area contributed by atoms with E-state index in [9.17, 15) is 0 Å². The van der Waals surface area contributed by atoms with Crippen molar-refractivity contribution in [1.82, 2.24) is 5.32 Å². The smallest absolute Gasteiger partial charge is 0.187 e. The second-order valence-corrected chi connectivity index (χ2v) is 16.8. The van der Waals surface area contributed by atoms with E-state index in [0.717, 1.165) is 29.6 Å². The molecular formula is C27H49NOSi. The molecule has 0 bridgehead atoms. The van der Waals surface area contributed by atoms with Crippen LogP contribution in [-0.2, 0) is 4.43 Å². The molecule has 0 aromatic heterocycles. The first-order valence-corrected chi connectivity index (χ1v) is 16.4. The summed E-state index contributed by atoms with van der Waals surface area (Å²) in [5, 5.41) is 3.81. The summed E-state index contributed by atoms with van der Waals surface area (Å²) in [6.45, 7) is 18.6. The quantitative estimate of drug-likeness (QED) is 0.443. The SMILES string of the molecule is CCCC[Si](C)(C)OC(C)[C@H]1CC[C@H]2[C@@H]3C(C)C=C4NCCC[C@]4(C)[C@H]3CC[C@]12C. The first-order valence-electron chi connectivity index (χ1n) is 13.3. The summed E-state index contributed by atoms with van der Waals surface area (Å²) in [6, 6.07) is 1.32. The van der Waals surface area contributed by atoms with Gasteiger partial charge in [0.15, 0.2) is 8.32 Å². The van der Waals surface area contributed by atoms with Crippen molar-refractivity contribution >= 4 is 8.32 Å². The number of hydrogen-bond acceptors (Lipinski definition) is 2. The summed E-state index contributed by atoms with van der Waals surface area (Å²) in [5.74, 6) is 4.12. The fourth-order valence-electron chi connectivity index (χ4n) is 8.75. The first-order chi connectivity index (χ1) is 14.1. The normalized spacial score (nSPS) is 44.4. The van der Waals surface area contributed by atoms with Crippen molar-refractivity contribution in [3.8, 4) is 0 Å². The van der Waals surface area contributed by atoms with Crippen LogP contribution < -0.4 is 5.32 Å². The molecule has 0 amide bonds. The minimum Gasteiger partial charge on any atom is -0.414 e. The molecule has 0 radical (unpaired) electrons. The summed E-state index contributed by atoms with van der Waals surface area (Å²) in [7, 11) is -1.55. The lowest BCUT2D eigenvalue weighted by atomic mass is 9.47. The molecule has 3 fully saturated rings. The summed E-state index contributed by atoms with van der Waals surface area (Å²) < 4.78 is 6.92. The lowest BCUT2D eigenvalue weighted by molar-refractivity contribution is -0.0750. The summed E-state index contributed by atoms with van der Waals surface area (Å²) in [5.41, 5.74) is 2.49. The number of hydrogen-bond donors (Lipinski definition) is 1. The molecule has 3 aliphatic carbocycles. The predicted octanol–water partition coefficient (Wildman–Crippen LogP) is 7.38. The van der Waals surface area contributed by atoms with Crippen LogP contribution in [0, 0.1) is 40.4 Å². The minimum absolute atomic E-state index is 0.409. The molecular weight excluding hydrogens is 382 g/mol. The molecule has 4 rings (SSSR count). The second-order valence-electron chi connectivity index (χ2n) is 12.6. The molecule has 1 saturated heterocycles. The number of allylic oxidation sites excluding steroid dienone is 2. The molecule has 0 aromatic rings. The zero-order valence-corrected chi connectivity index (χ0v) is 22.0. The van der Waals surface area contributed by atoms with E-state index >= 15 is 0 Å². The Morgan fingerprint density at radius 1 is 1.17 bits per heavy atom. The maximum atomic E-state index is 6.92. The van der Waals surface area contributed by atoms with Crippen molar-refractivity contribution in [3.63, 3.8) is 0 Å². The van der Waals surface area contributed by atoms with E-state index in [-0.39, 0.29) is 0 Å². The van der Waals surface area contributed by atoms with Crippen LogP contribution in [-0.4, -0.2) is 21.0 Å². The second kappa shape index (κ2) is 8.25. The highest BCUT2D eigenvalue weighted by Crippen LogP contribution is 2.66. The summed E-state index contributed by atoms with van der Waals surface area (Å²) in [6.07, 6.45) is 14.1. The Labute approximate surface area is 188 Å². The third kappa shape index (κ3) is 3.74. The van der Waals surface area contributed by atoms with Crippen LogP contribution in [0.1, 0.15) is 86.0 Å². The van der Waals surface area contributed by atoms with Gasteiger partial charge in [-0.2, -0.15) is 0 Å². The Kier molecular flexibility index (Phi) is 6.29. The molecule has 30 heavy (non-hydrogen) atoms. The third-order valence-corrected chi connectivity index (χ3v) is 12.8. The topological polar surface area (TPSA) is 21.3 Å². The van der Waals surface area contributed by atoms with E-state index in [1.165, 1.54) is 64.0 Å². The lowest BCUT2D eigenvalue weighted by Gasteiger charge is -2.59. The van der Waals surface area contributed by atoms with Gasteiger partial charge < -0.3 is 9.74 Å². The van der Waals surface area contributed by atoms with Gasteiger partial charge >= 0.3 is 0 Å². The Morgan fingerprint density at radius 2 is 1.93 bits per heavy atom. The number of piperidine rings is 1. The Hall–Kier alpha value is -0.283. The lowest BCUT2D eigenvalue weighted by Crippen LogP contribution is -2.55. The highest BCUT2D eigenvalue weighted by Gasteiger charge is 2.60. The molecule has 4 aliphatic rings. The van der Waals surface area contributed by atoms with Crippen LogP contribution in [0.25, 0.3) is 0 Å². The molecule has 0 spiro atoms. The minimum atomic E-state index is -1.55. The average molecular weight is 432 g/mol. The molecule has 2 nitrogen and oxygen atoms in total. The van der Waals surface area contributed by atoms with Gasteiger partial charge in [0, 0.05) is 23.8 Å². The third-order valence-electron chi connectivity index (χ3n) is 10.3. The van der Waals surface area contributed by atoms with Gasteiger partial charge in [-0.3, -0.25) is 0 Å². The fourth-order valence-corrected chi connectivity index (χ4v) is 11.2. The number of fused-ring (bicyclic) bond motifs is 5. The highest BCUT2D eigenvalue weighted by atomic mass is 28.4. The van der Waals surface area contributed by atoms with Crippen LogP contribution in [0.5, 0.6) is 0 Å². The van der Waals surface area contributed by atoms with Gasteiger partial charge in [0.05, 0.1) is 0 Å². The zero-order valence-electron chi connectivity index (χ0n) is 21.0. The first kappa shape index (κ1) is 22.9. The van der Waals surface area contributed by atoms with Crippen LogP contribution in [0.3, 0.4) is 0 Å². The maximum Gasteiger partial charge on any atom is 0.187 e. The number of nitrogens with one attached hydrogen (secondary N) is 1. The van der Waals surface area contributed by atoms with E-state index in [4.69, 9.17) is 4.43 Å². The van der Waals surface area contributed by atoms with E-state index in [2.05, 4.69) is 59.1 Å². The molecule has 8 atom stereocenters. The molecule has 172 valence electrons. The van der Waals surface area contributed by atoms with Gasteiger partial charge in [-0.15, -0.1) is 0 Å². The average Bonchev–Trinajstić information content (AvgIpc) is 3.04. The van der Waals surface area contributed by atoms with E-state index < -0.39 is 8.32 Å². The van der Waals surface area contributed by atoms with E-state index in [1.54, 1.807) is 5.70 Å². The Morgan fingerprint density at radius 3 is 2.67 bits per heavy atom. The molecule has 1 aliphatic heterocycles. The molecule has 2 saturated carbocycles. The van der Waals surface area contributed by atoms with Gasteiger partial charge in [0.1, 0.15) is 0 Å². The van der Waals surface area contributed by atoms with Gasteiger partial charge in [-0.25, -0.2) is 0 Å². The predicted molar refractivity (Wildman–Crippen MR) is 131 cm³/mol. The molecule has 2 unspecified atom stereocenters. The van der Waals surface area contributed by atoms with Crippen LogP contribution >= 0.6 is 0 Å². The van der Waals surface area contributed by atoms with Gasteiger partial charge in [-0.05, 0) is 99.6 Å². The van der Waals surface area contributed by atoms with Crippen LogP contribution in [0.4, 0.5) is 0 Å². The zero-order chi connectivity index (χ0) is 21.7. The van der Waals surface area contributed by atoms with Crippen LogP contribution in [0.15, 0.2) is 11.8 Å². The number of unbranched alkanes of at least 4 members (excludes halogenated alkanes) is 1. The van der Waals surface area contributed by atoms with E-state index in [0.29, 0.717) is 16.9 Å². The van der Waals surface area contributed by atoms with Gasteiger partial charge in [-0.1, -0.05) is 46.6 Å². The maximum absolute atomic E-state index is 6.92. The van der Waals surface area contributed by atoms with Gasteiger partial charge in [0.2, 0.25) is 0 Å². The van der Waals surface area contributed by atoms with E-state index in [1.807, 2.05) is 0 Å². The largest absolute Gasteiger partial charge is 0.414 e. The molecule has 3 heteroatoms. The summed E-state index contributed by atoms with van der Waals surface area (Å²) in [4.78, 5) is 0. The monoisotopic (exact) mass is 431 g/mol. The molecule has 0 aromatic carbocycles. The summed E-state index contributed by atoms with van der Waals surface area (Å²) >= 11 is 0. The highest BCUT2D eigenvalue weighted by molar-refractivity contribution is 6.71. The van der Waals surface area contributed by atoms with Crippen molar-refractivity contribution < 1.29 is 4.43 Å². The molecule has 1 N–H and O–H groups in total. The fraction of sp³-hybridized carbons (Fsp3) is 0.926. The van der Waals surface area contributed by atoms with Gasteiger partial charge in [0.25, 0.3) is 0 Å². The Bertz CT molecular complexity index is 659. The van der Waals surface area contributed by atoms with Crippen LogP contribution in [0.2, 0.25) is 19.1 Å². The standard InChI is InChI=1S/C27H49NOSi/c1-8-9-17-30(6,7)29-20(3)21-11-12-22-25-19(2)18-24-27(5,14-10-16-28-24)23(25)13-15-26(21,22)4/h18-23,25,28H,8-17H2,1-7H3/t19?,20?,21-,22+,23+,25+,26-,27-/m1/s1. The molecule has 1 heterocycles.